The topological polar surface area (TPSA) is 85.1 Å². The summed E-state index contributed by atoms with van der Waals surface area (Å²) in [6.07, 6.45) is 6.01. The number of nitrogens with one attached hydrogen (secondary N) is 1. The molecule has 0 bridgehead atoms. The maximum absolute atomic E-state index is 9.97. The number of aromatic nitrogens is 4. The summed E-state index contributed by atoms with van der Waals surface area (Å²) in [6.45, 7) is 0.507. The minimum Gasteiger partial charge on any atom is -0.491 e. The van der Waals surface area contributed by atoms with Crippen LogP contribution in [-0.4, -0.2) is 44.1 Å². The van der Waals surface area contributed by atoms with Crippen LogP contribution in [0, 0.1) is 0 Å². The molecule has 1 aromatic carbocycles. The fourth-order valence-electron chi connectivity index (χ4n) is 1.95. The number of aliphatic hydroxyl groups is 1. The highest BCUT2D eigenvalue weighted by atomic mass is 16.5. The van der Waals surface area contributed by atoms with E-state index < -0.39 is 6.10 Å². The van der Waals surface area contributed by atoms with Crippen molar-refractivity contribution < 1.29 is 9.84 Å². The van der Waals surface area contributed by atoms with Crippen LogP contribution in [0.1, 0.15) is 0 Å². The summed E-state index contributed by atoms with van der Waals surface area (Å²) in [6, 6.07) is 11.2. The van der Waals surface area contributed by atoms with Gasteiger partial charge in [-0.05, 0) is 18.2 Å². The first-order valence-corrected chi connectivity index (χ1v) is 7.23. The standard InChI is InChI=1S/C16H17N5O2/c22-13(12-23-14-5-2-1-3-6-14)9-18-15-10-17-11-16(20-15)21-8-4-7-19-21/h1-8,10-11,13,22H,9,12H2,(H,18,20)/t13-/m1/s1. The number of nitrogens with zero attached hydrogens (tertiary/aromatic N) is 4. The molecule has 0 radical (unpaired) electrons. The van der Waals surface area contributed by atoms with Crippen LogP contribution in [0.2, 0.25) is 0 Å². The minimum atomic E-state index is -0.662. The van der Waals surface area contributed by atoms with E-state index in [9.17, 15) is 5.11 Å². The molecule has 1 atom stereocenters. The Balaban J connectivity index is 1.51. The zero-order chi connectivity index (χ0) is 15.9. The number of para-hydroxylation sites is 1. The van der Waals surface area contributed by atoms with Crippen molar-refractivity contribution >= 4 is 5.82 Å². The van der Waals surface area contributed by atoms with E-state index in [4.69, 9.17) is 4.74 Å². The van der Waals surface area contributed by atoms with Crippen LogP contribution >= 0.6 is 0 Å². The fourth-order valence-corrected chi connectivity index (χ4v) is 1.95. The highest BCUT2D eigenvalue weighted by Crippen LogP contribution is 2.09. The van der Waals surface area contributed by atoms with Gasteiger partial charge < -0.3 is 15.2 Å². The van der Waals surface area contributed by atoms with E-state index in [-0.39, 0.29) is 6.61 Å². The molecule has 2 N–H and O–H groups in total. The molecule has 0 unspecified atom stereocenters. The van der Waals surface area contributed by atoms with Crippen molar-refractivity contribution in [3.63, 3.8) is 0 Å². The summed E-state index contributed by atoms with van der Waals surface area (Å²) in [4.78, 5) is 8.49. The Bertz CT molecular complexity index is 718. The number of benzene rings is 1. The zero-order valence-electron chi connectivity index (χ0n) is 12.4. The summed E-state index contributed by atoms with van der Waals surface area (Å²) in [7, 11) is 0. The lowest BCUT2D eigenvalue weighted by Crippen LogP contribution is -2.26. The Kier molecular flexibility index (Phi) is 4.80. The van der Waals surface area contributed by atoms with Crippen LogP contribution in [0.4, 0.5) is 5.82 Å². The first-order valence-electron chi connectivity index (χ1n) is 7.23. The quantitative estimate of drug-likeness (QED) is 0.688. The lowest BCUT2D eigenvalue weighted by atomic mass is 10.3. The molecule has 7 heteroatoms. The van der Waals surface area contributed by atoms with Gasteiger partial charge in [0.15, 0.2) is 5.82 Å². The molecule has 23 heavy (non-hydrogen) atoms. The van der Waals surface area contributed by atoms with Gasteiger partial charge in [-0.3, -0.25) is 4.98 Å². The molecule has 2 heterocycles. The predicted molar refractivity (Wildman–Crippen MR) is 85.6 cm³/mol. The molecule has 0 aliphatic carbocycles. The Morgan fingerprint density at radius 3 is 2.83 bits per heavy atom. The van der Waals surface area contributed by atoms with Crippen LogP contribution in [0.25, 0.3) is 5.82 Å². The third kappa shape index (κ3) is 4.27. The van der Waals surface area contributed by atoms with Gasteiger partial charge in [0.2, 0.25) is 0 Å². The van der Waals surface area contributed by atoms with E-state index >= 15 is 0 Å². The summed E-state index contributed by atoms with van der Waals surface area (Å²) in [5.74, 6) is 1.90. The lowest BCUT2D eigenvalue weighted by molar-refractivity contribution is 0.117. The van der Waals surface area contributed by atoms with Gasteiger partial charge in [0.1, 0.15) is 24.3 Å². The summed E-state index contributed by atoms with van der Waals surface area (Å²) >= 11 is 0. The summed E-state index contributed by atoms with van der Waals surface area (Å²) < 4.78 is 7.12. The second-order valence-corrected chi connectivity index (χ2v) is 4.87. The smallest absolute Gasteiger partial charge is 0.173 e. The van der Waals surface area contributed by atoms with Crippen LogP contribution in [-0.2, 0) is 0 Å². The maximum atomic E-state index is 9.97. The largest absolute Gasteiger partial charge is 0.491 e. The van der Waals surface area contributed by atoms with Crippen molar-refractivity contribution in [2.75, 3.05) is 18.5 Å². The Morgan fingerprint density at radius 2 is 2.04 bits per heavy atom. The second kappa shape index (κ2) is 7.37. The zero-order valence-corrected chi connectivity index (χ0v) is 12.4. The third-order valence-electron chi connectivity index (χ3n) is 3.07. The van der Waals surface area contributed by atoms with E-state index in [1.165, 1.54) is 0 Å². The lowest BCUT2D eigenvalue weighted by Gasteiger charge is -2.13. The van der Waals surface area contributed by atoms with E-state index in [0.717, 1.165) is 5.75 Å². The van der Waals surface area contributed by atoms with Crippen LogP contribution in [0.15, 0.2) is 61.2 Å². The highest BCUT2D eigenvalue weighted by molar-refractivity contribution is 5.35. The van der Waals surface area contributed by atoms with E-state index in [1.54, 1.807) is 29.5 Å². The average molecular weight is 311 g/mol. The van der Waals surface area contributed by atoms with Crippen molar-refractivity contribution in [3.8, 4) is 11.6 Å². The number of hydrogen-bond donors (Lipinski definition) is 2. The van der Waals surface area contributed by atoms with Gasteiger partial charge in [-0.25, -0.2) is 9.67 Å². The van der Waals surface area contributed by atoms with Crippen LogP contribution in [0.3, 0.4) is 0 Å². The molecular formula is C16H17N5O2. The highest BCUT2D eigenvalue weighted by Gasteiger charge is 2.07. The normalized spacial score (nSPS) is 11.9. The fraction of sp³-hybridized carbons (Fsp3) is 0.188. The van der Waals surface area contributed by atoms with Gasteiger partial charge in [-0.15, -0.1) is 0 Å². The van der Waals surface area contributed by atoms with Crippen molar-refractivity contribution in [3.05, 3.63) is 61.2 Å². The van der Waals surface area contributed by atoms with Gasteiger partial charge in [0.05, 0.1) is 12.4 Å². The monoisotopic (exact) mass is 311 g/mol. The van der Waals surface area contributed by atoms with E-state index in [0.29, 0.717) is 18.2 Å². The predicted octanol–water partition coefficient (Wildman–Crippen LogP) is 1.51. The van der Waals surface area contributed by atoms with Crippen molar-refractivity contribution in [1.82, 2.24) is 19.7 Å². The van der Waals surface area contributed by atoms with Crippen LogP contribution < -0.4 is 10.1 Å². The molecule has 0 spiro atoms. The van der Waals surface area contributed by atoms with Crippen molar-refractivity contribution in [2.24, 2.45) is 0 Å². The number of rotatable bonds is 7. The minimum absolute atomic E-state index is 0.198. The average Bonchev–Trinajstić information content (AvgIpc) is 3.14. The first-order chi connectivity index (χ1) is 11.3. The molecule has 118 valence electrons. The molecule has 2 aromatic heterocycles. The Morgan fingerprint density at radius 1 is 1.17 bits per heavy atom. The molecule has 0 amide bonds. The van der Waals surface area contributed by atoms with Crippen molar-refractivity contribution in [2.45, 2.75) is 6.10 Å². The summed E-state index contributed by atoms with van der Waals surface area (Å²) in [5.41, 5.74) is 0. The van der Waals surface area contributed by atoms with E-state index in [1.807, 2.05) is 36.4 Å². The molecule has 0 aliphatic heterocycles. The maximum Gasteiger partial charge on any atom is 0.173 e. The number of ether oxygens (including phenoxy) is 1. The summed E-state index contributed by atoms with van der Waals surface area (Å²) in [5, 5.41) is 17.1. The van der Waals surface area contributed by atoms with Crippen LogP contribution in [0.5, 0.6) is 5.75 Å². The first kappa shape index (κ1) is 15.0. The Labute approximate surface area is 133 Å². The molecule has 0 saturated carbocycles. The molecule has 0 aliphatic rings. The van der Waals surface area contributed by atoms with Gasteiger partial charge in [-0.2, -0.15) is 5.10 Å². The molecule has 0 fully saturated rings. The third-order valence-corrected chi connectivity index (χ3v) is 3.07. The van der Waals surface area contributed by atoms with Crippen molar-refractivity contribution in [1.29, 1.82) is 0 Å². The molecule has 7 nitrogen and oxygen atoms in total. The van der Waals surface area contributed by atoms with Gasteiger partial charge in [0, 0.05) is 18.9 Å². The molecule has 3 aromatic rings. The van der Waals surface area contributed by atoms with Gasteiger partial charge in [-0.1, -0.05) is 18.2 Å². The second-order valence-electron chi connectivity index (χ2n) is 4.87. The Hall–Kier alpha value is -2.93. The van der Waals surface area contributed by atoms with E-state index in [2.05, 4.69) is 20.4 Å². The molecule has 0 saturated heterocycles. The SMILES string of the molecule is O[C@H](CNc1cncc(-n2cccn2)n1)COc1ccccc1. The van der Waals surface area contributed by atoms with Gasteiger partial charge >= 0.3 is 0 Å². The number of hydrogen-bond acceptors (Lipinski definition) is 6. The number of aliphatic hydroxyl groups excluding tert-OH is 1. The van der Waals surface area contributed by atoms with Gasteiger partial charge in [0.25, 0.3) is 0 Å². The molecular weight excluding hydrogens is 294 g/mol. The molecule has 3 rings (SSSR count). The number of anilines is 1.